The highest BCUT2D eigenvalue weighted by Crippen LogP contribution is 2.35. The number of aliphatic hydroxyl groups is 4. The van der Waals surface area contributed by atoms with Gasteiger partial charge in [0.1, 0.15) is 47.1 Å². The van der Waals surface area contributed by atoms with E-state index < -0.39 is 43.1 Å². The third kappa shape index (κ3) is 5.09. The summed E-state index contributed by atoms with van der Waals surface area (Å²) in [4.78, 5) is 13.3. The maximum atomic E-state index is 13.3. The smallest absolute Gasteiger partial charge is 0.229 e. The second-order valence-corrected chi connectivity index (χ2v) is 8.47. The third-order valence-electron chi connectivity index (χ3n) is 6.12. The lowest BCUT2D eigenvalue weighted by atomic mass is 9.97. The minimum atomic E-state index is -1.66. The van der Waals surface area contributed by atoms with Gasteiger partial charge in [-0.1, -0.05) is 18.2 Å². The van der Waals surface area contributed by atoms with E-state index in [1.54, 1.807) is 18.4 Å². The summed E-state index contributed by atoms with van der Waals surface area (Å²) in [5, 5.41) is 51.6. The number of phenolic OH excluding ortho intramolecular Hbond substituents is 1. The predicted octanol–water partition coefficient (Wildman–Crippen LogP) is 1.86. The third-order valence-corrected chi connectivity index (χ3v) is 6.12. The maximum Gasteiger partial charge on any atom is 0.229 e. The number of aliphatic hydroxyl groups excluding tert-OH is 4. The molecule has 0 spiro atoms. The molecule has 9 nitrogen and oxygen atoms in total. The zero-order chi connectivity index (χ0) is 25.1. The normalized spacial score (nSPS) is 24.4. The first-order chi connectivity index (χ1) is 16.8. The lowest BCUT2D eigenvalue weighted by Gasteiger charge is -2.39. The molecule has 1 aromatic heterocycles. The van der Waals surface area contributed by atoms with Crippen molar-refractivity contribution in [3.63, 3.8) is 0 Å². The van der Waals surface area contributed by atoms with Gasteiger partial charge >= 0.3 is 0 Å². The number of carbonyl (C=O) groups excluding carboxylic acids is 1. The predicted molar refractivity (Wildman–Crippen MR) is 125 cm³/mol. The van der Waals surface area contributed by atoms with Gasteiger partial charge in [0, 0.05) is 11.8 Å². The molecule has 0 saturated carbocycles. The van der Waals surface area contributed by atoms with E-state index in [0.29, 0.717) is 18.4 Å². The van der Waals surface area contributed by atoms with E-state index >= 15 is 0 Å². The number of allylic oxidation sites excluding steroid dienone is 1. The highest BCUT2D eigenvalue weighted by molar-refractivity contribution is 6.01. The van der Waals surface area contributed by atoms with Crippen molar-refractivity contribution >= 4 is 16.8 Å². The Labute approximate surface area is 201 Å². The largest absolute Gasteiger partial charge is 0.507 e. The number of furan rings is 1. The summed E-state index contributed by atoms with van der Waals surface area (Å²) in [7, 11) is 0. The Bertz CT molecular complexity index is 1200. The molecule has 35 heavy (non-hydrogen) atoms. The van der Waals surface area contributed by atoms with Crippen LogP contribution in [0.3, 0.4) is 0 Å². The average Bonchev–Trinajstić information content (AvgIpc) is 3.32. The van der Waals surface area contributed by atoms with Crippen molar-refractivity contribution < 1.29 is 44.2 Å². The van der Waals surface area contributed by atoms with Gasteiger partial charge in [-0.3, -0.25) is 4.79 Å². The minimum absolute atomic E-state index is 0.0551. The molecular weight excluding hydrogens is 456 g/mol. The number of phenols is 1. The summed E-state index contributed by atoms with van der Waals surface area (Å²) >= 11 is 0. The van der Waals surface area contributed by atoms with Crippen LogP contribution in [0.4, 0.5) is 0 Å². The second-order valence-electron chi connectivity index (χ2n) is 8.47. The van der Waals surface area contributed by atoms with Gasteiger partial charge in [0.05, 0.1) is 12.9 Å². The van der Waals surface area contributed by atoms with E-state index in [0.717, 1.165) is 16.5 Å². The van der Waals surface area contributed by atoms with E-state index in [2.05, 4.69) is 6.58 Å². The monoisotopic (exact) mass is 484 g/mol. The molecule has 0 aliphatic carbocycles. The van der Waals surface area contributed by atoms with Gasteiger partial charge in [-0.05, 0) is 48.2 Å². The molecule has 5 N–H and O–H groups in total. The Balaban J connectivity index is 1.59. The molecule has 2 aromatic carbocycles. The standard InChI is InChI=1S/C26H28O9/c1-2-3-15-6-9-19(34-26-25(32)24(31)23(30)20(13-27)35-26)21(22(15)29)17(28)7-4-14-5-8-18-16(12-14)10-11-33-18/h2,5-6,8-12,20,23-27,29-32H,1,3-4,7,13H2/t20-,23-,24+,25-,26-/m1/s1. The summed E-state index contributed by atoms with van der Waals surface area (Å²) in [6.45, 7) is 3.04. The topological polar surface area (TPSA) is 150 Å². The molecular formula is C26H28O9. The fraction of sp³-hybridized carbons (Fsp3) is 0.346. The van der Waals surface area contributed by atoms with Crippen molar-refractivity contribution in [1.82, 2.24) is 0 Å². The van der Waals surface area contributed by atoms with Crippen LogP contribution >= 0.6 is 0 Å². The van der Waals surface area contributed by atoms with E-state index in [9.17, 15) is 30.3 Å². The van der Waals surface area contributed by atoms with E-state index in [1.165, 1.54) is 6.07 Å². The minimum Gasteiger partial charge on any atom is -0.507 e. The van der Waals surface area contributed by atoms with Crippen LogP contribution in [0.1, 0.15) is 27.9 Å². The Kier molecular flexibility index (Phi) is 7.54. The number of rotatable bonds is 9. The number of benzene rings is 2. The van der Waals surface area contributed by atoms with Crippen LogP contribution in [-0.2, 0) is 17.6 Å². The van der Waals surface area contributed by atoms with E-state index in [-0.39, 0.29) is 23.5 Å². The van der Waals surface area contributed by atoms with Crippen molar-refractivity contribution in [2.45, 2.75) is 50.0 Å². The fourth-order valence-corrected chi connectivity index (χ4v) is 4.15. The molecule has 0 bridgehead atoms. The SMILES string of the molecule is C=CCc1ccc(O[C@@H]2O[C@H](CO)[C@@H](O)[C@H](O)[C@H]2O)c(C(=O)CCc2ccc3occc3c2)c1O. The summed E-state index contributed by atoms with van der Waals surface area (Å²) < 4.78 is 16.4. The maximum absolute atomic E-state index is 13.3. The molecule has 1 aliphatic heterocycles. The van der Waals surface area contributed by atoms with Crippen LogP contribution in [0.5, 0.6) is 11.5 Å². The second kappa shape index (κ2) is 10.6. The summed E-state index contributed by atoms with van der Waals surface area (Å²) in [5.74, 6) is -0.738. The first kappa shape index (κ1) is 24.9. The highest BCUT2D eigenvalue weighted by Gasteiger charge is 2.45. The summed E-state index contributed by atoms with van der Waals surface area (Å²) in [6.07, 6.45) is -3.59. The lowest BCUT2D eigenvalue weighted by molar-refractivity contribution is -0.277. The van der Waals surface area contributed by atoms with Crippen molar-refractivity contribution in [1.29, 1.82) is 0 Å². The van der Waals surface area contributed by atoms with Gasteiger partial charge in [0.25, 0.3) is 0 Å². The molecule has 1 saturated heterocycles. The Morgan fingerprint density at radius 2 is 1.89 bits per heavy atom. The van der Waals surface area contributed by atoms with Gasteiger partial charge < -0.3 is 39.4 Å². The molecule has 0 amide bonds. The molecule has 3 aromatic rings. The zero-order valence-electron chi connectivity index (χ0n) is 18.9. The van der Waals surface area contributed by atoms with Gasteiger partial charge in [-0.2, -0.15) is 0 Å². The molecule has 0 radical (unpaired) electrons. The van der Waals surface area contributed by atoms with E-state index in [4.69, 9.17) is 13.9 Å². The van der Waals surface area contributed by atoms with Crippen LogP contribution in [-0.4, -0.2) is 68.6 Å². The Morgan fingerprint density at radius 3 is 2.63 bits per heavy atom. The molecule has 0 unspecified atom stereocenters. The van der Waals surface area contributed by atoms with Crippen molar-refractivity contribution in [2.75, 3.05) is 6.61 Å². The molecule has 2 heterocycles. The van der Waals surface area contributed by atoms with Gasteiger partial charge in [-0.15, -0.1) is 6.58 Å². The number of fused-ring (bicyclic) bond motifs is 1. The van der Waals surface area contributed by atoms with Crippen molar-refractivity contribution in [2.24, 2.45) is 0 Å². The molecule has 5 atom stereocenters. The van der Waals surface area contributed by atoms with Crippen LogP contribution in [0.25, 0.3) is 11.0 Å². The molecule has 9 heteroatoms. The number of carbonyl (C=O) groups is 1. The number of hydrogen-bond donors (Lipinski definition) is 5. The fourth-order valence-electron chi connectivity index (χ4n) is 4.15. The van der Waals surface area contributed by atoms with Crippen LogP contribution in [0.2, 0.25) is 0 Å². The van der Waals surface area contributed by atoms with Crippen LogP contribution in [0, 0.1) is 0 Å². The number of aryl methyl sites for hydroxylation is 1. The number of ketones is 1. The first-order valence-corrected chi connectivity index (χ1v) is 11.3. The molecule has 186 valence electrons. The van der Waals surface area contributed by atoms with Gasteiger partial charge in [-0.25, -0.2) is 0 Å². The van der Waals surface area contributed by atoms with Crippen LogP contribution in [0.15, 0.2) is 59.7 Å². The zero-order valence-corrected chi connectivity index (χ0v) is 18.9. The Hall–Kier alpha value is -3.21. The number of ether oxygens (including phenoxy) is 2. The highest BCUT2D eigenvalue weighted by atomic mass is 16.7. The van der Waals surface area contributed by atoms with Gasteiger partial charge in [0.15, 0.2) is 5.78 Å². The lowest BCUT2D eigenvalue weighted by Crippen LogP contribution is -2.60. The average molecular weight is 485 g/mol. The molecule has 1 aliphatic rings. The van der Waals surface area contributed by atoms with E-state index in [1.807, 2.05) is 24.3 Å². The van der Waals surface area contributed by atoms with Crippen molar-refractivity contribution in [3.8, 4) is 11.5 Å². The summed E-state index contributed by atoms with van der Waals surface area (Å²) in [5.41, 5.74) is 2.02. The first-order valence-electron chi connectivity index (χ1n) is 11.3. The quantitative estimate of drug-likeness (QED) is 0.227. The van der Waals surface area contributed by atoms with Crippen molar-refractivity contribution in [3.05, 3.63) is 72.0 Å². The summed E-state index contributed by atoms with van der Waals surface area (Å²) in [6, 6.07) is 10.5. The Morgan fingerprint density at radius 1 is 1.09 bits per heavy atom. The number of Topliss-reactive ketones (excluding diaryl/α,β-unsaturated/α-hetero) is 1. The number of hydrogen-bond acceptors (Lipinski definition) is 9. The van der Waals surface area contributed by atoms with Gasteiger partial charge in [0.2, 0.25) is 6.29 Å². The molecule has 1 fully saturated rings. The number of aromatic hydroxyl groups is 1. The van der Waals surface area contributed by atoms with Crippen LogP contribution < -0.4 is 4.74 Å². The molecule has 4 rings (SSSR count).